The number of carbonyl (C=O) groups is 3. The zero-order chi connectivity index (χ0) is 19.2. The fourth-order valence-electron chi connectivity index (χ4n) is 1.78. The number of urea groups is 1. The van der Waals surface area contributed by atoms with Gasteiger partial charge in [0, 0.05) is 10.4 Å². The predicted molar refractivity (Wildman–Crippen MR) is 98.5 cm³/mol. The van der Waals surface area contributed by atoms with E-state index in [1.165, 1.54) is 18.7 Å². The number of hydrogen-bond donors (Lipinski definition) is 2. The molecule has 1 rings (SSSR count). The van der Waals surface area contributed by atoms with Crippen molar-refractivity contribution in [3.63, 3.8) is 0 Å². The number of aryl methyl sites for hydroxylation is 1. The largest absolute Gasteiger partial charge is 0.452 e. The van der Waals surface area contributed by atoms with Gasteiger partial charge in [0.05, 0.1) is 0 Å². The molecule has 0 bridgehead atoms. The number of ether oxygens (including phenoxy) is 1. The van der Waals surface area contributed by atoms with Crippen LogP contribution in [-0.4, -0.2) is 34.8 Å². The van der Waals surface area contributed by atoms with E-state index in [-0.39, 0.29) is 0 Å². The average Bonchev–Trinajstić information content (AvgIpc) is 2.47. The number of rotatable bonds is 5. The first-order valence-electron chi connectivity index (χ1n) is 8.05. The minimum absolute atomic E-state index is 0.469. The third-order valence-electron chi connectivity index (χ3n) is 3.05. The summed E-state index contributed by atoms with van der Waals surface area (Å²) in [6.45, 7) is 10.5. The highest BCUT2D eigenvalue weighted by molar-refractivity contribution is 8.00. The van der Waals surface area contributed by atoms with E-state index in [4.69, 9.17) is 4.74 Å². The molecule has 0 aliphatic rings. The highest BCUT2D eigenvalue weighted by atomic mass is 32.2. The monoisotopic (exact) mass is 366 g/mol. The predicted octanol–water partition coefficient (Wildman–Crippen LogP) is 3.03. The van der Waals surface area contributed by atoms with Gasteiger partial charge in [0.15, 0.2) is 6.10 Å². The van der Waals surface area contributed by atoms with Crippen molar-refractivity contribution in [2.45, 2.75) is 63.3 Å². The van der Waals surface area contributed by atoms with Gasteiger partial charge in [0.2, 0.25) is 0 Å². The Morgan fingerprint density at radius 2 is 1.64 bits per heavy atom. The molecule has 2 atom stereocenters. The first-order chi connectivity index (χ1) is 11.5. The van der Waals surface area contributed by atoms with Crippen molar-refractivity contribution in [2.24, 2.45) is 0 Å². The number of esters is 1. The molecule has 25 heavy (non-hydrogen) atoms. The topological polar surface area (TPSA) is 84.5 Å². The summed E-state index contributed by atoms with van der Waals surface area (Å²) in [5.74, 6) is -1.17. The summed E-state index contributed by atoms with van der Waals surface area (Å²) in [6, 6.07) is 7.16. The lowest BCUT2D eigenvalue weighted by atomic mass is 10.1. The molecule has 0 saturated carbocycles. The van der Waals surface area contributed by atoms with E-state index in [1.54, 1.807) is 27.7 Å². The average molecular weight is 366 g/mol. The van der Waals surface area contributed by atoms with Crippen LogP contribution in [0.1, 0.15) is 40.2 Å². The van der Waals surface area contributed by atoms with Gasteiger partial charge in [-0.1, -0.05) is 17.7 Å². The molecule has 0 fully saturated rings. The van der Waals surface area contributed by atoms with Gasteiger partial charge in [0.1, 0.15) is 5.25 Å². The van der Waals surface area contributed by atoms with E-state index in [0.29, 0.717) is 0 Å². The molecule has 0 aliphatic carbocycles. The molecule has 1 aromatic carbocycles. The van der Waals surface area contributed by atoms with Gasteiger partial charge in [-0.2, -0.15) is 0 Å². The minimum atomic E-state index is -1.06. The quantitative estimate of drug-likeness (QED) is 0.618. The Balaban J connectivity index is 2.50. The maximum atomic E-state index is 12.1. The Labute approximate surface area is 153 Å². The van der Waals surface area contributed by atoms with Crippen molar-refractivity contribution in [2.75, 3.05) is 0 Å². The van der Waals surface area contributed by atoms with Crippen LogP contribution in [0.4, 0.5) is 4.79 Å². The number of thioether (sulfide) groups is 1. The Bertz CT molecular complexity index is 623. The van der Waals surface area contributed by atoms with E-state index in [2.05, 4.69) is 10.6 Å². The first-order valence-corrected chi connectivity index (χ1v) is 8.93. The van der Waals surface area contributed by atoms with E-state index in [1.807, 2.05) is 31.2 Å². The van der Waals surface area contributed by atoms with Gasteiger partial charge in [-0.25, -0.2) is 4.79 Å². The molecule has 0 spiro atoms. The molecule has 2 N–H and O–H groups in total. The van der Waals surface area contributed by atoms with Crippen molar-refractivity contribution in [3.8, 4) is 0 Å². The lowest BCUT2D eigenvalue weighted by Crippen LogP contribution is -2.50. The van der Waals surface area contributed by atoms with Crippen molar-refractivity contribution in [1.29, 1.82) is 0 Å². The van der Waals surface area contributed by atoms with Crippen molar-refractivity contribution in [3.05, 3.63) is 29.8 Å². The normalized spacial score (nSPS) is 13.5. The molecule has 0 saturated heterocycles. The maximum Gasteiger partial charge on any atom is 0.321 e. The van der Waals surface area contributed by atoms with Gasteiger partial charge in [-0.05, 0) is 53.7 Å². The summed E-state index contributed by atoms with van der Waals surface area (Å²) in [5.41, 5.74) is 0.669. The Kier molecular flexibility index (Phi) is 7.48. The molecule has 138 valence electrons. The van der Waals surface area contributed by atoms with Crippen molar-refractivity contribution >= 4 is 29.7 Å². The molecule has 1 aromatic rings. The second-order valence-corrected chi connectivity index (χ2v) is 8.26. The van der Waals surface area contributed by atoms with Gasteiger partial charge < -0.3 is 10.1 Å². The minimum Gasteiger partial charge on any atom is -0.452 e. The number of benzene rings is 1. The van der Waals surface area contributed by atoms with Crippen molar-refractivity contribution in [1.82, 2.24) is 10.6 Å². The Hall–Kier alpha value is -2.02. The smallest absolute Gasteiger partial charge is 0.321 e. The SMILES string of the molecule is Cc1ccc(S[C@H](C)C(=O)O[C@H](C)C(=O)NC(=O)NC(C)(C)C)cc1. The lowest BCUT2D eigenvalue weighted by Gasteiger charge is -2.21. The van der Waals surface area contributed by atoms with Crippen LogP contribution >= 0.6 is 11.8 Å². The Morgan fingerprint density at radius 1 is 1.08 bits per heavy atom. The fourth-order valence-corrected chi connectivity index (χ4v) is 2.63. The molecule has 6 nitrogen and oxygen atoms in total. The van der Waals surface area contributed by atoms with Gasteiger partial charge in [0.25, 0.3) is 5.91 Å². The number of hydrogen-bond acceptors (Lipinski definition) is 5. The summed E-state index contributed by atoms with van der Waals surface area (Å²) in [6.07, 6.45) is -1.06. The van der Waals surface area contributed by atoms with Crippen LogP contribution in [-0.2, 0) is 14.3 Å². The molecular formula is C18H26N2O4S. The lowest BCUT2D eigenvalue weighted by molar-refractivity contribution is -0.153. The number of carbonyl (C=O) groups excluding carboxylic acids is 3. The summed E-state index contributed by atoms with van der Waals surface area (Å²) in [7, 11) is 0. The van der Waals surface area contributed by atoms with Crippen LogP contribution in [0.2, 0.25) is 0 Å². The molecule has 0 unspecified atom stereocenters. The first kappa shape index (κ1) is 21.0. The molecule has 3 amide bonds. The van der Waals surface area contributed by atoms with Gasteiger partial charge in [-0.3, -0.25) is 14.9 Å². The summed E-state index contributed by atoms with van der Waals surface area (Å²) in [5, 5.41) is 4.30. The number of nitrogens with one attached hydrogen (secondary N) is 2. The van der Waals surface area contributed by atoms with E-state index in [0.717, 1.165) is 10.5 Å². The second-order valence-electron chi connectivity index (χ2n) is 6.85. The highest BCUT2D eigenvalue weighted by Crippen LogP contribution is 2.24. The van der Waals surface area contributed by atoms with Crippen LogP contribution in [0.25, 0.3) is 0 Å². The number of amides is 3. The summed E-state index contributed by atoms with van der Waals surface area (Å²) in [4.78, 5) is 36.7. The van der Waals surface area contributed by atoms with Crippen LogP contribution in [0, 0.1) is 6.92 Å². The summed E-state index contributed by atoms with van der Waals surface area (Å²) < 4.78 is 5.15. The van der Waals surface area contributed by atoms with Crippen LogP contribution in [0.3, 0.4) is 0 Å². The zero-order valence-corrected chi connectivity index (χ0v) is 16.3. The molecule has 0 heterocycles. The zero-order valence-electron chi connectivity index (χ0n) is 15.5. The van der Waals surface area contributed by atoms with E-state index in [9.17, 15) is 14.4 Å². The standard InChI is InChI=1S/C18H26N2O4S/c1-11-7-9-14(10-8-11)25-13(3)16(22)24-12(2)15(21)19-17(23)20-18(4,5)6/h7-10,12-13H,1-6H3,(H2,19,20,21,23)/t12-,13-/m1/s1. The number of imide groups is 1. The fraction of sp³-hybridized carbons (Fsp3) is 0.500. The van der Waals surface area contributed by atoms with Crippen LogP contribution < -0.4 is 10.6 Å². The third-order valence-corrected chi connectivity index (χ3v) is 4.14. The molecular weight excluding hydrogens is 340 g/mol. The molecule has 0 aromatic heterocycles. The molecule has 7 heteroatoms. The third kappa shape index (κ3) is 8.07. The Morgan fingerprint density at radius 3 is 2.16 bits per heavy atom. The van der Waals surface area contributed by atoms with Crippen LogP contribution in [0.15, 0.2) is 29.2 Å². The van der Waals surface area contributed by atoms with E-state index >= 15 is 0 Å². The van der Waals surface area contributed by atoms with E-state index < -0.39 is 34.8 Å². The maximum absolute atomic E-state index is 12.1. The van der Waals surface area contributed by atoms with Crippen LogP contribution in [0.5, 0.6) is 0 Å². The van der Waals surface area contributed by atoms with Crippen molar-refractivity contribution < 1.29 is 19.1 Å². The summed E-state index contributed by atoms with van der Waals surface area (Å²) >= 11 is 1.35. The highest BCUT2D eigenvalue weighted by Gasteiger charge is 2.24. The molecule has 0 aliphatic heterocycles. The second kappa shape index (κ2) is 8.89. The van der Waals surface area contributed by atoms with Gasteiger partial charge >= 0.3 is 12.0 Å². The molecule has 0 radical (unpaired) electrons. The van der Waals surface area contributed by atoms with Gasteiger partial charge in [-0.15, -0.1) is 11.8 Å².